The average Bonchev–Trinajstić information content (AvgIpc) is 2.61. The van der Waals surface area contributed by atoms with Crippen LogP contribution in [0.2, 0.25) is 0 Å². The van der Waals surface area contributed by atoms with Gasteiger partial charge in [0, 0.05) is 12.5 Å². The van der Waals surface area contributed by atoms with Crippen LogP contribution < -0.4 is 5.32 Å². The number of Topliss-reactive ketones (excluding diaryl/α,β-unsaturated/α-hetero) is 1. The highest BCUT2D eigenvalue weighted by Gasteiger charge is 2.41. The molecule has 0 bridgehead atoms. The minimum Gasteiger partial charge on any atom is -0.356 e. The molecule has 120 valence electrons. The molecule has 3 heteroatoms. The first-order valence-corrected chi connectivity index (χ1v) is 7.99. The molecule has 0 aliphatic rings. The molecular weight excluding hydrogens is 286 g/mol. The lowest BCUT2D eigenvalue weighted by atomic mass is 9.67. The number of carbonyl (C=O) groups excluding carboxylic acids is 2. The Bertz CT molecular complexity index is 598. The van der Waals surface area contributed by atoms with Crippen molar-refractivity contribution in [2.75, 3.05) is 0 Å². The molecule has 0 unspecified atom stereocenters. The second-order valence-electron chi connectivity index (χ2n) is 5.80. The predicted molar refractivity (Wildman–Crippen MR) is 92.2 cm³/mol. The molecule has 3 nitrogen and oxygen atoms in total. The van der Waals surface area contributed by atoms with Gasteiger partial charge in [-0.25, -0.2) is 0 Å². The highest BCUT2D eigenvalue weighted by molar-refractivity contribution is 5.93. The topological polar surface area (TPSA) is 46.2 Å². The van der Waals surface area contributed by atoms with Crippen LogP contribution in [-0.4, -0.2) is 18.2 Å². The molecule has 0 heterocycles. The first kappa shape index (κ1) is 16.9. The molecule has 2 aromatic rings. The molecule has 0 aliphatic heterocycles. The smallest absolute Gasteiger partial charge is 0.207 e. The molecule has 0 radical (unpaired) electrons. The fraction of sp³-hybridized carbons (Fsp3) is 0.300. The van der Waals surface area contributed by atoms with Gasteiger partial charge < -0.3 is 5.32 Å². The molecule has 23 heavy (non-hydrogen) atoms. The fourth-order valence-electron chi connectivity index (χ4n) is 3.22. The van der Waals surface area contributed by atoms with Crippen LogP contribution in [0.5, 0.6) is 0 Å². The zero-order valence-corrected chi connectivity index (χ0v) is 13.7. The van der Waals surface area contributed by atoms with Crippen LogP contribution in [0.4, 0.5) is 0 Å². The van der Waals surface area contributed by atoms with Crippen molar-refractivity contribution in [2.24, 2.45) is 0 Å². The van der Waals surface area contributed by atoms with Gasteiger partial charge in [0.2, 0.25) is 6.41 Å². The highest BCUT2D eigenvalue weighted by atomic mass is 16.1. The largest absolute Gasteiger partial charge is 0.356 e. The molecular formula is C20H23NO2. The summed E-state index contributed by atoms with van der Waals surface area (Å²) in [6.07, 6.45) is 1.67. The second kappa shape index (κ2) is 7.73. The van der Waals surface area contributed by atoms with E-state index in [1.807, 2.05) is 74.5 Å². The van der Waals surface area contributed by atoms with Crippen LogP contribution in [0.3, 0.4) is 0 Å². The summed E-state index contributed by atoms with van der Waals surface area (Å²) >= 11 is 0. The zero-order chi connectivity index (χ0) is 16.7. The van der Waals surface area contributed by atoms with E-state index in [9.17, 15) is 9.59 Å². The van der Waals surface area contributed by atoms with Gasteiger partial charge in [0.1, 0.15) is 5.78 Å². The van der Waals surface area contributed by atoms with Crippen molar-refractivity contribution in [3.63, 3.8) is 0 Å². The van der Waals surface area contributed by atoms with Crippen molar-refractivity contribution in [3.8, 4) is 0 Å². The first-order chi connectivity index (χ1) is 11.1. The van der Waals surface area contributed by atoms with Gasteiger partial charge >= 0.3 is 0 Å². The quantitative estimate of drug-likeness (QED) is 0.759. The second-order valence-corrected chi connectivity index (χ2v) is 5.80. The van der Waals surface area contributed by atoms with Crippen molar-refractivity contribution in [3.05, 3.63) is 71.8 Å². The van der Waals surface area contributed by atoms with Crippen molar-refractivity contribution >= 4 is 12.2 Å². The Morgan fingerprint density at radius 3 is 1.91 bits per heavy atom. The Hall–Kier alpha value is -2.42. The summed E-state index contributed by atoms with van der Waals surface area (Å²) < 4.78 is 0. The summed E-state index contributed by atoms with van der Waals surface area (Å²) in [6, 6.07) is 19.6. The maximum atomic E-state index is 13.1. The summed E-state index contributed by atoms with van der Waals surface area (Å²) in [7, 11) is 0. The molecule has 2 aromatic carbocycles. The third kappa shape index (κ3) is 3.50. The van der Waals surface area contributed by atoms with Gasteiger partial charge in [-0.1, -0.05) is 67.6 Å². The molecule has 1 amide bonds. The van der Waals surface area contributed by atoms with Gasteiger partial charge in [-0.3, -0.25) is 9.59 Å². The van der Waals surface area contributed by atoms with E-state index in [1.54, 1.807) is 0 Å². The van der Waals surface area contributed by atoms with Crippen LogP contribution in [0.25, 0.3) is 0 Å². The lowest BCUT2D eigenvalue weighted by Crippen LogP contribution is -2.43. The number of nitrogens with one attached hydrogen (secondary N) is 1. The standard InChI is InChI=1S/C20H23NO2/c1-3-19(23)20(14-16(2)21-15-22,17-10-6-4-7-11-17)18-12-8-5-9-13-18/h4-13,15-16H,3,14H2,1-2H3,(H,21,22)/t16-/m1/s1. The van der Waals surface area contributed by atoms with E-state index in [0.717, 1.165) is 11.1 Å². The Balaban J connectivity index is 2.63. The van der Waals surface area contributed by atoms with E-state index >= 15 is 0 Å². The van der Waals surface area contributed by atoms with Gasteiger partial charge in [-0.05, 0) is 24.5 Å². The Morgan fingerprint density at radius 1 is 1.04 bits per heavy atom. The molecule has 0 aromatic heterocycles. The van der Waals surface area contributed by atoms with Crippen molar-refractivity contribution in [2.45, 2.75) is 38.1 Å². The molecule has 0 spiro atoms. The average molecular weight is 309 g/mol. The molecule has 2 rings (SSSR count). The van der Waals surface area contributed by atoms with E-state index in [-0.39, 0.29) is 11.8 Å². The summed E-state index contributed by atoms with van der Waals surface area (Å²) in [6.45, 7) is 3.82. The Kier molecular flexibility index (Phi) is 5.69. The van der Waals surface area contributed by atoms with Crippen LogP contribution in [0, 0.1) is 0 Å². The Labute approximate surface area is 137 Å². The van der Waals surface area contributed by atoms with E-state index in [0.29, 0.717) is 19.3 Å². The van der Waals surface area contributed by atoms with Gasteiger partial charge in [0.05, 0.1) is 5.41 Å². The highest BCUT2D eigenvalue weighted by Crippen LogP contribution is 2.38. The van der Waals surface area contributed by atoms with Gasteiger partial charge in [0.15, 0.2) is 0 Å². The minimum absolute atomic E-state index is 0.108. The van der Waals surface area contributed by atoms with Gasteiger partial charge in [-0.15, -0.1) is 0 Å². The van der Waals surface area contributed by atoms with Crippen LogP contribution >= 0.6 is 0 Å². The van der Waals surface area contributed by atoms with Crippen molar-refractivity contribution in [1.82, 2.24) is 5.32 Å². The number of rotatable bonds is 8. The molecule has 0 fully saturated rings. The molecule has 0 saturated heterocycles. The number of ketones is 1. The summed E-state index contributed by atoms with van der Waals surface area (Å²) in [5.74, 6) is 0.162. The van der Waals surface area contributed by atoms with E-state index in [4.69, 9.17) is 0 Å². The number of hydrogen-bond acceptors (Lipinski definition) is 2. The number of hydrogen-bond donors (Lipinski definition) is 1. The monoisotopic (exact) mass is 309 g/mol. The zero-order valence-electron chi connectivity index (χ0n) is 13.7. The number of amides is 1. The van der Waals surface area contributed by atoms with E-state index < -0.39 is 5.41 Å². The predicted octanol–water partition coefficient (Wildman–Crippen LogP) is 3.48. The van der Waals surface area contributed by atoms with Crippen LogP contribution in [0.15, 0.2) is 60.7 Å². The molecule has 1 atom stereocenters. The van der Waals surface area contributed by atoms with E-state index in [2.05, 4.69) is 5.32 Å². The van der Waals surface area contributed by atoms with Crippen molar-refractivity contribution in [1.29, 1.82) is 0 Å². The summed E-state index contributed by atoms with van der Waals surface area (Å²) in [5, 5.41) is 2.79. The summed E-state index contributed by atoms with van der Waals surface area (Å²) in [5.41, 5.74) is 1.20. The number of carbonyl (C=O) groups is 2. The number of benzene rings is 2. The minimum atomic E-state index is -0.743. The molecule has 0 saturated carbocycles. The SMILES string of the molecule is CCC(=O)C(C[C@@H](C)NC=O)(c1ccccc1)c1ccccc1. The maximum absolute atomic E-state index is 13.1. The molecule has 1 N–H and O–H groups in total. The normalized spacial score (nSPS) is 12.4. The lowest BCUT2D eigenvalue weighted by Gasteiger charge is -2.35. The van der Waals surface area contributed by atoms with Gasteiger partial charge in [-0.2, -0.15) is 0 Å². The first-order valence-electron chi connectivity index (χ1n) is 7.99. The third-order valence-electron chi connectivity index (χ3n) is 4.30. The van der Waals surface area contributed by atoms with Crippen LogP contribution in [-0.2, 0) is 15.0 Å². The Morgan fingerprint density at radius 2 is 1.52 bits per heavy atom. The van der Waals surface area contributed by atoms with Crippen molar-refractivity contribution < 1.29 is 9.59 Å². The fourth-order valence-corrected chi connectivity index (χ4v) is 3.22. The van der Waals surface area contributed by atoms with E-state index in [1.165, 1.54) is 0 Å². The lowest BCUT2D eigenvalue weighted by molar-refractivity contribution is -0.123. The van der Waals surface area contributed by atoms with Crippen LogP contribution in [0.1, 0.15) is 37.8 Å². The molecule has 0 aliphatic carbocycles. The van der Waals surface area contributed by atoms with Gasteiger partial charge in [0.25, 0.3) is 0 Å². The third-order valence-corrected chi connectivity index (χ3v) is 4.30. The maximum Gasteiger partial charge on any atom is 0.207 e. The summed E-state index contributed by atoms with van der Waals surface area (Å²) in [4.78, 5) is 23.9.